The molecule has 4 aromatic rings. The molecule has 2 aromatic heterocycles. The van der Waals surface area contributed by atoms with Gasteiger partial charge in [-0.1, -0.05) is 30.3 Å². The van der Waals surface area contributed by atoms with E-state index in [4.69, 9.17) is 0 Å². The lowest BCUT2D eigenvalue weighted by Gasteiger charge is -2.15. The Morgan fingerprint density at radius 3 is 2.54 bits per heavy atom. The van der Waals surface area contributed by atoms with E-state index in [9.17, 15) is 19.1 Å². The number of aromatic amines is 1. The number of aliphatic hydroxyl groups is 1. The molecule has 1 aliphatic rings. The minimum Gasteiger partial charge on any atom is -0.392 e. The number of halogens is 1. The molecule has 0 atom stereocenters. The number of hydrogen-bond acceptors (Lipinski definition) is 5. The first kappa shape index (κ1) is 22.5. The lowest BCUT2D eigenvalue weighted by molar-refractivity contribution is 0.102. The normalized spacial score (nSPS) is 13.8. The first-order chi connectivity index (χ1) is 17.0. The first-order valence-corrected chi connectivity index (χ1v) is 11.2. The number of nitrogens with zero attached hydrogens (tertiary/aromatic N) is 1. The fraction of sp³-hybridized carbons (Fsp3) is 0.148. The molecule has 1 amide bonds. The van der Waals surface area contributed by atoms with E-state index < -0.39 is 5.67 Å². The summed E-state index contributed by atoms with van der Waals surface area (Å²) in [6, 6.07) is 18.7. The molecule has 0 aliphatic heterocycles. The second kappa shape index (κ2) is 9.15. The maximum Gasteiger partial charge on any atom is 0.271 e. The zero-order valence-electron chi connectivity index (χ0n) is 18.7. The molecule has 1 fully saturated rings. The monoisotopic (exact) mass is 470 g/mol. The van der Waals surface area contributed by atoms with Crippen molar-refractivity contribution in [2.45, 2.75) is 25.1 Å². The van der Waals surface area contributed by atoms with E-state index in [1.807, 2.05) is 0 Å². The Bertz CT molecular complexity index is 1430. The molecule has 0 spiro atoms. The number of alkyl halides is 1. The molecule has 1 aliphatic carbocycles. The lowest BCUT2D eigenvalue weighted by Crippen LogP contribution is -2.14. The number of benzene rings is 2. The molecular weight excluding hydrogens is 447 g/mol. The number of rotatable bonds is 7. The van der Waals surface area contributed by atoms with Crippen molar-refractivity contribution in [2.75, 3.05) is 10.6 Å². The molecule has 35 heavy (non-hydrogen) atoms. The van der Waals surface area contributed by atoms with Gasteiger partial charge in [-0.3, -0.25) is 9.59 Å². The van der Waals surface area contributed by atoms with Crippen molar-refractivity contribution in [3.05, 3.63) is 106 Å². The summed E-state index contributed by atoms with van der Waals surface area (Å²) in [6.45, 7) is -0.336. The van der Waals surface area contributed by atoms with Crippen molar-refractivity contribution in [1.82, 2.24) is 9.97 Å². The Morgan fingerprint density at radius 1 is 1.06 bits per heavy atom. The smallest absolute Gasteiger partial charge is 0.271 e. The van der Waals surface area contributed by atoms with Gasteiger partial charge in [0.2, 0.25) is 0 Å². The molecule has 0 bridgehead atoms. The maximum absolute atomic E-state index is 14.2. The van der Waals surface area contributed by atoms with E-state index in [1.54, 1.807) is 79.1 Å². The van der Waals surface area contributed by atoms with Crippen LogP contribution in [0.2, 0.25) is 0 Å². The molecule has 0 radical (unpaired) electrons. The van der Waals surface area contributed by atoms with Crippen LogP contribution in [0.3, 0.4) is 0 Å². The van der Waals surface area contributed by atoms with Crippen LogP contribution in [-0.2, 0) is 12.3 Å². The topological polar surface area (TPSA) is 107 Å². The molecule has 0 unspecified atom stereocenters. The summed E-state index contributed by atoms with van der Waals surface area (Å²) in [6.07, 6.45) is 4.19. The van der Waals surface area contributed by atoms with Crippen molar-refractivity contribution in [1.29, 1.82) is 0 Å². The minimum absolute atomic E-state index is 0.293. The highest BCUT2D eigenvalue weighted by Crippen LogP contribution is 2.49. The number of amides is 1. The van der Waals surface area contributed by atoms with Gasteiger partial charge in [-0.2, -0.15) is 0 Å². The number of carbonyl (C=O) groups is 1. The van der Waals surface area contributed by atoms with Crippen molar-refractivity contribution < 1.29 is 14.3 Å². The van der Waals surface area contributed by atoms with Crippen molar-refractivity contribution in [2.24, 2.45) is 0 Å². The van der Waals surface area contributed by atoms with Crippen molar-refractivity contribution in [3.63, 3.8) is 0 Å². The largest absolute Gasteiger partial charge is 0.392 e. The van der Waals surface area contributed by atoms with E-state index in [1.165, 1.54) is 0 Å². The SMILES string of the molecule is O=C(Nc1cccc(-c2c[nH]c(=O)c(Nc3ccccn3)c2)c1CO)c1ccc(C2(F)CC2)cc1. The van der Waals surface area contributed by atoms with Gasteiger partial charge < -0.3 is 20.7 Å². The highest BCUT2D eigenvalue weighted by molar-refractivity contribution is 6.05. The van der Waals surface area contributed by atoms with Crippen LogP contribution in [0.25, 0.3) is 11.1 Å². The Balaban J connectivity index is 1.42. The zero-order chi connectivity index (χ0) is 24.4. The standard InChI is InChI=1S/C27H23FN4O3/c28-27(11-12-27)19-9-7-17(8-10-19)25(34)32-22-5-3-4-20(21(22)16-33)18-14-23(26(35)30-15-18)31-24-6-1-2-13-29-24/h1-10,13-15,33H,11-12,16H2,(H,29,31)(H,30,35)(H,32,34). The summed E-state index contributed by atoms with van der Waals surface area (Å²) in [7, 11) is 0. The molecule has 7 nitrogen and oxygen atoms in total. The van der Waals surface area contributed by atoms with Crippen molar-refractivity contribution >= 4 is 23.1 Å². The van der Waals surface area contributed by atoms with Gasteiger partial charge in [0.15, 0.2) is 0 Å². The second-order valence-corrected chi connectivity index (χ2v) is 8.46. The molecule has 2 heterocycles. The molecule has 1 saturated carbocycles. The fourth-order valence-electron chi connectivity index (χ4n) is 3.96. The van der Waals surface area contributed by atoms with Gasteiger partial charge in [-0.05, 0) is 60.4 Å². The number of nitrogens with one attached hydrogen (secondary N) is 3. The van der Waals surface area contributed by atoms with E-state index in [2.05, 4.69) is 20.6 Å². The number of aromatic nitrogens is 2. The first-order valence-electron chi connectivity index (χ1n) is 11.2. The predicted molar refractivity (Wildman–Crippen MR) is 132 cm³/mol. The number of pyridine rings is 2. The van der Waals surface area contributed by atoms with Crippen LogP contribution < -0.4 is 16.2 Å². The summed E-state index contributed by atoms with van der Waals surface area (Å²) in [5, 5.41) is 16.0. The highest BCUT2D eigenvalue weighted by Gasteiger charge is 2.44. The Hall–Kier alpha value is -4.30. The van der Waals surface area contributed by atoms with E-state index in [0.29, 0.717) is 57.9 Å². The lowest BCUT2D eigenvalue weighted by atomic mass is 9.99. The summed E-state index contributed by atoms with van der Waals surface area (Å²) >= 11 is 0. The number of aliphatic hydroxyl groups excluding tert-OH is 1. The molecule has 2 aromatic carbocycles. The molecule has 4 N–H and O–H groups in total. The highest BCUT2D eigenvalue weighted by atomic mass is 19.1. The maximum atomic E-state index is 14.2. The third-order valence-electron chi connectivity index (χ3n) is 6.08. The van der Waals surface area contributed by atoms with Crippen LogP contribution in [0.5, 0.6) is 0 Å². The number of hydrogen-bond donors (Lipinski definition) is 4. The van der Waals surface area contributed by atoms with Gasteiger partial charge >= 0.3 is 0 Å². The number of anilines is 3. The van der Waals surface area contributed by atoms with Crippen LogP contribution in [0, 0.1) is 0 Å². The van der Waals surface area contributed by atoms with E-state index >= 15 is 0 Å². The van der Waals surface area contributed by atoms with Gasteiger partial charge in [-0.15, -0.1) is 0 Å². The van der Waals surface area contributed by atoms with Crippen LogP contribution in [-0.4, -0.2) is 21.0 Å². The van der Waals surface area contributed by atoms with Gasteiger partial charge in [0.05, 0.1) is 6.61 Å². The number of carbonyl (C=O) groups excluding carboxylic acids is 1. The minimum atomic E-state index is -1.26. The van der Waals surface area contributed by atoms with Crippen LogP contribution >= 0.6 is 0 Å². The Labute approximate surface area is 200 Å². The van der Waals surface area contributed by atoms with Crippen LogP contribution in [0.15, 0.2) is 83.9 Å². The van der Waals surface area contributed by atoms with Gasteiger partial charge in [0.25, 0.3) is 11.5 Å². The van der Waals surface area contributed by atoms with Gasteiger partial charge in [0.1, 0.15) is 17.2 Å². The van der Waals surface area contributed by atoms with Gasteiger partial charge in [0, 0.05) is 34.8 Å². The summed E-state index contributed by atoms with van der Waals surface area (Å²) < 4.78 is 14.2. The quantitative estimate of drug-likeness (QED) is 0.308. The number of H-pyrrole nitrogens is 1. The van der Waals surface area contributed by atoms with Gasteiger partial charge in [-0.25, -0.2) is 9.37 Å². The summed E-state index contributed by atoms with van der Waals surface area (Å²) in [4.78, 5) is 32.1. The summed E-state index contributed by atoms with van der Waals surface area (Å²) in [5.41, 5.74) is 1.91. The average molecular weight is 471 g/mol. The molecule has 176 valence electrons. The van der Waals surface area contributed by atoms with E-state index in [-0.39, 0.29) is 18.1 Å². The average Bonchev–Trinajstić information content (AvgIpc) is 3.64. The molecule has 0 saturated heterocycles. The zero-order valence-corrected chi connectivity index (χ0v) is 18.7. The molecule has 8 heteroatoms. The predicted octanol–water partition coefficient (Wildman–Crippen LogP) is 4.88. The van der Waals surface area contributed by atoms with Crippen molar-refractivity contribution in [3.8, 4) is 11.1 Å². The molecular formula is C27H23FN4O3. The Kier molecular flexibility index (Phi) is 5.88. The van der Waals surface area contributed by atoms with Crippen LogP contribution in [0.1, 0.15) is 34.3 Å². The molecule has 5 rings (SSSR count). The summed E-state index contributed by atoms with van der Waals surface area (Å²) in [5.74, 6) is 0.149. The fourth-order valence-corrected chi connectivity index (χ4v) is 3.96. The third-order valence-corrected chi connectivity index (χ3v) is 6.08. The Morgan fingerprint density at radius 2 is 1.86 bits per heavy atom. The van der Waals surface area contributed by atoms with E-state index in [0.717, 1.165) is 0 Å². The van der Waals surface area contributed by atoms with Crippen LogP contribution in [0.4, 0.5) is 21.6 Å². The second-order valence-electron chi connectivity index (χ2n) is 8.46. The third kappa shape index (κ3) is 4.69.